The lowest BCUT2D eigenvalue weighted by molar-refractivity contribution is 0.473. The summed E-state index contributed by atoms with van der Waals surface area (Å²) in [6.07, 6.45) is 5.02. The predicted octanol–water partition coefficient (Wildman–Crippen LogP) is 5.17. The second kappa shape index (κ2) is 8.45. The molecule has 0 aliphatic heterocycles. The van der Waals surface area contributed by atoms with Crippen molar-refractivity contribution in [2.45, 2.75) is 6.92 Å². The highest BCUT2D eigenvalue weighted by Gasteiger charge is 2.07. The fourth-order valence-electron chi connectivity index (χ4n) is 2.03. The largest absolute Gasteiger partial charge is 0.465 e. The number of pyridine rings is 1. The molecule has 0 bridgehead atoms. The fraction of sp³-hybridized carbons (Fsp3) is 0.0476. The second-order valence-electron chi connectivity index (χ2n) is 5.28. The van der Waals surface area contributed by atoms with Crippen molar-refractivity contribution in [2.75, 3.05) is 0 Å². The van der Waals surface area contributed by atoms with Gasteiger partial charge >= 0.3 is 0 Å². The van der Waals surface area contributed by atoms with Crippen molar-refractivity contribution in [1.29, 1.82) is 0 Å². The van der Waals surface area contributed by atoms with Crippen LogP contribution in [0.25, 0.3) is 0 Å². The number of aromatic nitrogens is 1. The van der Waals surface area contributed by atoms with E-state index in [1.165, 1.54) is 0 Å². The van der Waals surface area contributed by atoms with E-state index in [1.807, 2.05) is 79.7 Å². The number of nitrogens with zero attached hydrogens (tertiary/aromatic N) is 2. The van der Waals surface area contributed by atoms with E-state index in [2.05, 4.69) is 9.98 Å². The molecule has 0 amide bonds. The van der Waals surface area contributed by atoms with Crippen molar-refractivity contribution in [3.8, 4) is 11.5 Å². The monoisotopic (exact) mass is 330 g/mol. The van der Waals surface area contributed by atoms with Gasteiger partial charge in [-0.2, -0.15) is 0 Å². The van der Waals surface area contributed by atoms with Gasteiger partial charge in [-0.05, 0) is 43.3 Å². The van der Waals surface area contributed by atoms with Gasteiger partial charge in [-0.15, -0.1) is 0 Å². The van der Waals surface area contributed by atoms with E-state index < -0.39 is 0 Å². The maximum Gasteiger partial charge on any atom is 0.225 e. The molecule has 3 rings (SSSR count). The maximum atomic E-state index is 5.94. The van der Waals surface area contributed by atoms with Crippen LogP contribution in [0.2, 0.25) is 0 Å². The highest BCUT2D eigenvalue weighted by atomic mass is 16.5. The van der Waals surface area contributed by atoms with Crippen LogP contribution in [-0.4, -0.2) is 10.9 Å². The summed E-state index contributed by atoms with van der Waals surface area (Å²) in [5.74, 6) is 1.91. The van der Waals surface area contributed by atoms with Crippen LogP contribution in [0.3, 0.4) is 0 Å². The molecule has 2 aromatic carbocycles. The van der Waals surface area contributed by atoms with Gasteiger partial charge in [-0.1, -0.05) is 36.4 Å². The average molecular weight is 330 g/mol. The van der Waals surface area contributed by atoms with Gasteiger partial charge in [0.2, 0.25) is 5.90 Å². The molecule has 124 valence electrons. The maximum absolute atomic E-state index is 5.94. The Morgan fingerprint density at radius 3 is 2.20 bits per heavy atom. The third kappa shape index (κ3) is 5.04. The third-order valence-electron chi connectivity index (χ3n) is 3.29. The smallest absolute Gasteiger partial charge is 0.225 e. The van der Waals surface area contributed by atoms with Gasteiger partial charge in [0.25, 0.3) is 0 Å². The number of hydrogen-bond donors (Lipinski definition) is 0. The number of hydrogen-bond acceptors (Lipinski definition) is 4. The number of para-hydroxylation sites is 2. The third-order valence-corrected chi connectivity index (χ3v) is 3.29. The van der Waals surface area contributed by atoms with Crippen LogP contribution in [0.1, 0.15) is 6.92 Å². The van der Waals surface area contributed by atoms with E-state index in [0.29, 0.717) is 17.3 Å². The number of aliphatic imine (C=N–C) groups is 1. The molecule has 0 unspecified atom stereocenters. The minimum atomic E-state index is 0.454. The van der Waals surface area contributed by atoms with Crippen LogP contribution in [0.4, 0.5) is 5.69 Å². The zero-order chi connectivity index (χ0) is 17.3. The van der Waals surface area contributed by atoms with Crippen LogP contribution >= 0.6 is 0 Å². The Kier molecular flexibility index (Phi) is 5.56. The highest BCUT2D eigenvalue weighted by Crippen LogP contribution is 2.17. The Balaban J connectivity index is 1.86. The quantitative estimate of drug-likeness (QED) is 0.368. The Bertz CT molecular complexity index is 845. The van der Waals surface area contributed by atoms with E-state index in [4.69, 9.17) is 9.47 Å². The van der Waals surface area contributed by atoms with Gasteiger partial charge in [0.1, 0.15) is 11.5 Å². The van der Waals surface area contributed by atoms with Crippen LogP contribution < -0.4 is 9.47 Å². The molecule has 1 aromatic heterocycles. The Morgan fingerprint density at radius 1 is 0.880 bits per heavy atom. The lowest BCUT2D eigenvalue weighted by atomic mass is 10.3. The van der Waals surface area contributed by atoms with E-state index >= 15 is 0 Å². The SMILES string of the molecule is C/C(=C\Oc1ccccc1)C(=Nc1cccnc1)Oc1ccccc1. The molecule has 0 saturated carbocycles. The first kappa shape index (κ1) is 16.5. The topological polar surface area (TPSA) is 43.7 Å². The fourth-order valence-corrected chi connectivity index (χ4v) is 2.03. The summed E-state index contributed by atoms with van der Waals surface area (Å²) in [7, 11) is 0. The van der Waals surface area contributed by atoms with Gasteiger partial charge in [0.15, 0.2) is 0 Å². The van der Waals surface area contributed by atoms with E-state index in [9.17, 15) is 0 Å². The molecular formula is C21H18N2O2. The number of ether oxygens (including phenoxy) is 2. The first-order chi connectivity index (χ1) is 12.3. The molecule has 0 spiro atoms. The normalized spacial score (nSPS) is 11.9. The zero-order valence-electron chi connectivity index (χ0n) is 13.9. The van der Waals surface area contributed by atoms with E-state index in [0.717, 1.165) is 11.3 Å². The molecule has 4 heteroatoms. The first-order valence-electron chi connectivity index (χ1n) is 7.92. The summed E-state index contributed by atoms with van der Waals surface area (Å²) >= 11 is 0. The van der Waals surface area contributed by atoms with Gasteiger partial charge < -0.3 is 9.47 Å². The minimum Gasteiger partial charge on any atom is -0.465 e. The Hall–Kier alpha value is -3.40. The van der Waals surface area contributed by atoms with Gasteiger partial charge in [-0.3, -0.25) is 4.98 Å². The summed E-state index contributed by atoms with van der Waals surface area (Å²) in [4.78, 5) is 8.63. The predicted molar refractivity (Wildman–Crippen MR) is 99.2 cm³/mol. The summed E-state index contributed by atoms with van der Waals surface area (Å²) in [6.45, 7) is 1.89. The van der Waals surface area contributed by atoms with Crippen LogP contribution in [0, 0.1) is 0 Å². The Labute approximate surface area is 147 Å². The van der Waals surface area contributed by atoms with Crippen molar-refractivity contribution >= 4 is 11.6 Å². The molecule has 0 N–H and O–H groups in total. The van der Waals surface area contributed by atoms with Crippen molar-refractivity contribution in [2.24, 2.45) is 4.99 Å². The summed E-state index contributed by atoms with van der Waals surface area (Å²) < 4.78 is 11.6. The van der Waals surface area contributed by atoms with Crippen molar-refractivity contribution < 1.29 is 9.47 Å². The summed E-state index contributed by atoms with van der Waals surface area (Å²) in [6, 6.07) is 22.8. The van der Waals surface area contributed by atoms with Gasteiger partial charge in [-0.25, -0.2) is 4.99 Å². The summed E-state index contributed by atoms with van der Waals surface area (Å²) in [5.41, 5.74) is 1.47. The minimum absolute atomic E-state index is 0.454. The highest BCUT2D eigenvalue weighted by molar-refractivity contribution is 5.96. The summed E-state index contributed by atoms with van der Waals surface area (Å²) in [5, 5.41) is 0. The molecule has 0 fully saturated rings. The average Bonchev–Trinajstić information content (AvgIpc) is 2.68. The molecule has 0 radical (unpaired) electrons. The number of rotatable bonds is 5. The van der Waals surface area contributed by atoms with Crippen molar-refractivity contribution in [3.63, 3.8) is 0 Å². The van der Waals surface area contributed by atoms with Gasteiger partial charge in [0, 0.05) is 11.8 Å². The molecular weight excluding hydrogens is 312 g/mol. The zero-order valence-corrected chi connectivity index (χ0v) is 13.9. The number of benzene rings is 2. The Morgan fingerprint density at radius 2 is 1.56 bits per heavy atom. The standard InChI is InChI=1S/C21H18N2O2/c1-17(16-24-19-10-4-2-5-11-19)21(23-18-9-8-14-22-15-18)25-20-12-6-3-7-13-20/h2-16H,1H3/b17-16+,23-21?. The molecule has 0 saturated heterocycles. The van der Waals surface area contributed by atoms with Crippen LogP contribution in [0.5, 0.6) is 11.5 Å². The van der Waals surface area contributed by atoms with E-state index in [1.54, 1.807) is 18.7 Å². The first-order valence-corrected chi connectivity index (χ1v) is 7.92. The molecule has 1 heterocycles. The second-order valence-corrected chi connectivity index (χ2v) is 5.28. The molecule has 0 atom stereocenters. The molecule has 25 heavy (non-hydrogen) atoms. The molecule has 3 aromatic rings. The molecule has 4 nitrogen and oxygen atoms in total. The van der Waals surface area contributed by atoms with E-state index in [-0.39, 0.29) is 0 Å². The lowest BCUT2D eigenvalue weighted by Gasteiger charge is -2.10. The molecule has 0 aliphatic rings. The van der Waals surface area contributed by atoms with Crippen molar-refractivity contribution in [3.05, 3.63) is 97.0 Å². The van der Waals surface area contributed by atoms with Crippen LogP contribution in [-0.2, 0) is 0 Å². The lowest BCUT2D eigenvalue weighted by Crippen LogP contribution is -2.10. The van der Waals surface area contributed by atoms with Crippen LogP contribution in [0.15, 0.2) is 102 Å². The van der Waals surface area contributed by atoms with Crippen molar-refractivity contribution in [1.82, 2.24) is 4.98 Å². The molecule has 0 aliphatic carbocycles. The van der Waals surface area contributed by atoms with Gasteiger partial charge in [0.05, 0.1) is 18.1 Å².